The zero-order valence-electron chi connectivity index (χ0n) is 10.8. The Hall–Kier alpha value is -1.27. The molecule has 0 bridgehead atoms. The Kier molecular flexibility index (Phi) is 4.98. The van der Waals surface area contributed by atoms with Gasteiger partial charge in [0.25, 0.3) is 0 Å². The Bertz CT molecular complexity index is 499. The van der Waals surface area contributed by atoms with Crippen molar-refractivity contribution in [3.8, 4) is 11.5 Å². The van der Waals surface area contributed by atoms with E-state index < -0.39 is 15.9 Å². The minimum atomic E-state index is -3.07. The number of sulfone groups is 1. The number of rotatable bonds is 6. The van der Waals surface area contributed by atoms with E-state index in [1.54, 1.807) is 19.1 Å². The molecule has 0 aliphatic rings. The van der Waals surface area contributed by atoms with Gasteiger partial charge in [0, 0.05) is 12.8 Å². The molecule has 18 heavy (non-hydrogen) atoms. The Labute approximate surface area is 108 Å². The molecule has 0 amide bonds. The Morgan fingerprint density at radius 3 is 2.50 bits per heavy atom. The zero-order valence-corrected chi connectivity index (χ0v) is 11.7. The van der Waals surface area contributed by atoms with Gasteiger partial charge in [0.15, 0.2) is 21.3 Å². The highest BCUT2D eigenvalue weighted by molar-refractivity contribution is 7.90. The molecule has 2 N–H and O–H groups in total. The molecule has 0 fully saturated rings. The third-order valence-corrected chi connectivity index (χ3v) is 3.40. The molecule has 1 rings (SSSR count). The van der Waals surface area contributed by atoms with Crippen LogP contribution in [0.5, 0.6) is 11.5 Å². The second kappa shape index (κ2) is 6.06. The smallest absolute Gasteiger partial charge is 0.161 e. The van der Waals surface area contributed by atoms with Crippen molar-refractivity contribution in [3.63, 3.8) is 0 Å². The van der Waals surface area contributed by atoms with Crippen LogP contribution in [-0.2, 0) is 16.4 Å². The lowest BCUT2D eigenvalue weighted by Gasteiger charge is -2.16. The lowest BCUT2D eigenvalue weighted by atomic mass is 10.2. The average molecular weight is 273 g/mol. The summed E-state index contributed by atoms with van der Waals surface area (Å²) in [5.41, 5.74) is 6.45. The lowest BCUT2D eigenvalue weighted by Crippen LogP contribution is -2.23. The van der Waals surface area contributed by atoms with E-state index in [9.17, 15) is 8.42 Å². The fourth-order valence-electron chi connectivity index (χ4n) is 1.62. The van der Waals surface area contributed by atoms with Gasteiger partial charge in [-0.05, 0) is 24.6 Å². The van der Waals surface area contributed by atoms with Gasteiger partial charge in [-0.2, -0.15) is 0 Å². The number of methoxy groups -OCH3 is 1. The van der Waals surface area contributed by atoms with Crippen molar-refractivity contribution >= 4 is 9.84 Å². The second-order valence-electron chi connectivity index (χ2n) is 4.21. The number of hydrogen-bond acceptors (Lipinski definition) is 5. The van der Waals surface area contributed by atoms with Gasteiger partial charge in [0.05, 0.1) is 12.9 Å². The molecule has 1 aromatic rings. The number of ether oxygens (including phenoxy) is 2. The normalized spacial score (nSPS) is 13.1. The van der Waals surface area contributed by atoms with Crippen molar-refractivity contribution in [1.82, 2.24) is 0 Å². The molecule has 1 atom stereocenters. The van der Waals surface area contributed by atoms with Crippen molar-refractivity contribution in [2.45, 2.75) is 19.6 Å². The maximum Gasteiger partial charge on any atom is 0.161 e. The molecule has 0 aromatic heterocycles. The quantitative estimate of drug-likeness (QED) is 0.835. The summed E-state index contributed by atoms with van der Waals surface area (Å²) < 4.78 is 33.1. The van der Waals surface area contributed by atoms with Crippen LogP contribution in [-0.4, -0.2) is 33.6 Å². The summed E-state index contributed by atoms with van der Waals surface area (Å²) in [5.74, 6) is 1.03. The van der Waals surface area contributed by atoms with Gasteiger partial charge in [0.2, 0.25) is 0 Å². The maximum atomic E-state index is 11.2. The predicted molar refractivity (Wildman–Crippen MR) is 70.7 cm³/mol. The molecule has 5 nitrogen and oxygen atoms in total. The Balaban J connectivity index is 2.88. The zero-order chi connectivity index (χ0) is 13.8. The minimum Gasteiger partial charge on any atom is -0.493 e. The van der Waals surface area contributed by atoms with Gasteiger partial charge in [-0.3, -0.25) is 0 Å². The van der Waals surface area contributed by atoms with Gasteiger partial charge in [0.1, 0.15) is 6.10 Å². The molecular weight excluding hydrogens is 254 g/mol. The summed E-state index contributed by atoms with van der Waals surface area (Å²) in [6.07, 6.45) is 0.738. The van der Waals surface area contributed by atoms with Gasteiger partial charge < -0.3 is 15.2 Å². The summed E-state index contributed by atoms with van der Waals surface area (Å²) >= 11 is 0. The number of hydrogen-bond donors (Lipinski definition) is 1. The maximum absolute atomic E-state index is 11.2. The topological polar surface area (TPSA) is 78.6 Å². The van der Waals surface area contributed by atoms with Crippen LogP contribution in [0.25, 0.3) is 0 Å². The molecule has 0 heterocycles. The molecule has 6 heteroatoms. The molecule has 0 saturated carbocycles. The van der Waals surface area contributed by atoms with Crippen LogP contribution in [0.3, 0.4) is 0 Å². The first kappa shape index (κ1) is 14.8. The fourth-order valence-corrected chi connectivity index (χ4v) is 2.54. The van der Waals surface area contributed by atoms with Crippen molar-refractivity contribution < 1.29 is 17.9 Å². The molecule has 1 aromatic carbocycles. The SMILES string of the molecule is COc1ccc(CN)cc1O[C@H](C)CS(C)(=O)=O. The largest absolute Gasteiger partial charge is 0.493 e. The summed E-state index contributed by atoms with van der Waals surface area (Å²) in [7, 11) is -1.54. The predicted octanol–water partition coefficient (Wildman–Crippen LogP) is 0.966. The Morgan fingerprint density at radius 2 is 2.00 bits per heavy atom. The highest BCUT2D eigenvalue weighted by Gasteiger charge is 2.14. The van der Waals surface area contributed by atoms with E-state index >= 15 is 0 Å². The van der Waals surface area contributed by atoms with Crippen LogP contribution in [0.1, 0.15) is 12.5 Å². The second-order valence-corrected chi connectivity index (χ2v) is 6.40. The van der Waals surface area contributed by atoms with Crippen LogP contribution >= 0.6 is 0 Å². The summed E-state index contributed by atoms with van der Waals surface area (Å²) in [5, 5.41) is 0. The van der Waals surface area contributed by atoms with E-state index in [0.717, 1.165) is 5.56 Å². The molecule has 0 radical (unpaired) electrons. The van der Waals surface area contributed by atoms with Gasteiger partial charge in [-0.1, -0.05) is 6.07 Å². The number of benzene rings is 1. The molecule has 0 aliphatic heterocycles. The van der Waals surface area contributed by atoms with E-state index in [2.05, 4.69) is 0 Å². The van der Waals surface area contributed by atoms with Crippen LogP contribution in [0.2, 0.25) is 0 Å². The highest BCUT2D eigenvalue weighted by Crippen LogP contribution is 2.29. The lowest BCUT2D eigenvalue weighted by molar-refractivity contribution is 0.232. The summed E-state index contributed by atoms with van der Waals surface area (Å²) in [4.78, 5) is 0. The van der Waals surface area contributed by atoms with Crippen molar-refractivity contribution in [3.05, 3.63) is 23.8 Å². The minimum absolute atomic E-state index is 0.0387. The standard InChI is InChI=1S/C12H19NO4S/c1-9(8-18(3,14)15)17-12-6-10(7-13)4-5-11(12)16-2/h4-6,9H,7-8,13H2,1-3H3/t9-/m1/s1. The van der Waals surface area contributed by atoms with Crippen molar-refractivity contribution in [1.29, 1.82) is 0 Å². The van der Waals surface area contributed by atoms with E-state index in [1.165, 1.54) is 13.4 Å². The van der Waals surface area contributed by atoms with Crippen LogP contribution in [0.15, 0.2) is 18.2 Å². The number of nitrogens with two attached hydrogens (primary N) is 1. The van der Waals surface area contributed by atoms with E-state index in [0.29, 0.717) is 18.0 Å². The van der Waals surface area contributed by atoms with Crippen molar-refractivity contribution in [2.75, 3.05) is 19.1 Å². The van der Waals surface area contributed by atoms with Crippen LogP contribution in [0, 0.1) is 0 Å². The van der Waals surface area contributed by atoms with E-state index in [1.807, 2.05) is 6.07 Å². The molecule has 0 saturated heterocycles. The van der Waals surface area contributed by atoms with Crippen LogP contribution < -0.4 is 15.2 Å². The summed E-state index contributed by atoms with van der Waals surface area (Å²) in [6, 6.07) is 5.36. The van der Waals surface area contributed by atoms with E-state index in [-0.39, 0.29) is 5.75 Å². The monoisotopic (exact) mass is 273 g/mol. The third-order valence-electron chi connectivity index (χ3n) is 2.33. The summed E-state index contributed by atoms with van der Waals surface area (Å²) in [6.45, 7) is 2.09. The van der Waals surface area contributed by atoms with Crippen LogP contribution in [0.4, 0.5) is 0 Å². The first-order valence-corrected chi connectivity index (χ1v) is 7.63. The highest BCUT2D eigenvalue weighted by atomic mass is 32.2. The fraction of sp³-hybridized carbons (Fsp3) is 0.500. The van der Waals surface area contributed by atoms with Gasteiger partial charge >= 0.3 is 0 Å². The molecule has 0 spiro atoms. The first-order valence-electron chi connectivity index (χ1n) is 5.57. The average Bonchev–Trinajstić information content (AvgIpc) is 2.26. The first-order chi connectivity index (χ1) is 8.35. The molecule has 102 valence electrons. The molecule has 0 unspecified atom stereocenters. The molecule has 0 aliphatic carbocycles. The molecular formula is C12H19NO4S. The van der Waals surface area contributed by atoms with Gasteiger partial charge in [-0.25, -0.2) is 8.42 Å². The van der Waals surface area contributed by atoms with E-state index in [4.69, 9.17) is 15.2 Å². The van der Waals surface area contributed by atoms with Gasteiger partial charge in [-0.15, -0.1) is 0 Å². The third kappa shape index (κ3) is 4.54. The Morgan fingerprint density at radius 1 is 1.33 bits per heavy atom. The van der Waals surface area contributed by atoms with Crippen molar-refractivity contribution in [2.24, 2.45) is 5.73 Å².